The van der Waals surface area contributed by atoms with Crippen molar-refractivity contribution in [3.8, 4) is 22.6 Å². The van der Waals surface area contributed by atoms with Crippen LogP contribution in [0.5, 0.6) is 11.5 Å². The summed E-state index contributed by atoms with van der Waals surface area (Å²) in [5.41, 5.74) is 3.14. The van der Waals surface area contributed by atoms with Crippen molar-refractivity contribution in [3.63, 3.8) is 0 Å². The number of rotatable bonds is 8. The Morgan fingerprint density at radius 1 is 0.871 bits per heavy atom. The van der Waals surface area contributed by atoms with E-state index >= 15 is 0 Å². The van der Waals surface area contributed by atoms with Gasteiger partial charge in [0.1, 0.15) is 11.5 Å². The second-order valence-electron chi connectivity index (χ2n) is 7.03. The Morgan fingerprint density at radius 3 is 2.03 bits per heavy atom. The normalized spacial score (nSPS) is 10.4. The Kier molecular flexibility index (Phi) is 7.27. The van der Waals surface area contributed by atoms with Crippen LogP contribution < -0.4 is 4.74 Å². The molecule has 0 saturated heterocycles. The average molecular weight is 419 g/mol. The third kappa shape index (κ3) is 6.09. The molecular formula is C25H25NO5. The predicted molar refractivity (Wildman–Crippen MR) is 118 cm³/mol. The molecule has 6 nitrogen and oxygen atoms in total. The van der Waals surface area contributed by atoms with Crippen molar-refractivity contribution in [1.29, 1.82) is 0 Å². The fraction of sp³-hybridized carbons (Fsp3) is 0.200. The van der Waals surface area contributed by atoms with E-state index in [-0.39, 0.29) is 18.3 Å². The molecule has 0 aliphatic heterocycles. The Morgan fingerprint density at radius 2 is 1.45 bits per heavy atom. The van der Waals surface area contributed by atoms with E-state index in [1.165, 1.54) is 4.90 Å². The Bertz CT molecular complexity index is 1010. The topological polar surface area (TPSA) is 76.1 Å². The van der Waals surface area contributed by atoms with Crippen LogP contribution in [0.2, 0.25) is 0 Å². The number of hydrogen-bond donors (Lipinski definition) is 1. The number of likely N-dealkylation sites (N-methyl/N-ethyl adjacent to an activating group) is 1. The molecule has 1 amide bonds. The molecule has 0 saturated carbocycles. The van der Waals surface area contributed by atoms with E-state index in [0.717, 1.165) is 22.4 Å². The number of benzene rings is 3. The second-order valence-corrected chi connectivity index (χ2v) is 7.03. The first-order chi connectivity index (χ1) is 15.0. The number of aromatic hydroxyl groups is 1. The van der Waals surface area contributed by atoms with Crippen molar-refractivity contribution in [3.05, 3.63) is 83.9 Å². The maximum Gasteiger partial charge on any atom is 0.338 e. The summed E-state index contributed by atoms with van der Waals surface area (Å²) in [6.07, 6.45) is 0. The smallest absolute Gasteiger partial charge is 0.338 e. The highest BCUT2D eigenvalue weighted by atomic mass is 16.5. The Labute approximate surface area is 181 Å². The minimum Gasteiger partial charge on any atom is -0.508 e. The van der Waals surface area contributed by atoms with Crippen LogP contribution in [0.3, 0.4) is 0 Å². The van der Waals surface area contributed by atoms with Gasteiger partial charge in [0.25, 0.3) is 5.91 Å². The van der Waals surface area contributed by atoms with E-state index in [1.54, 1.807) is 55.6 Å². The summed E-state index contributed by atoms with van der Waals surface area (Å²) in [5.74, 6) is 0.134. The van der Waals surface area contributed by atoms with E-state index in [4.69, 9.17) is 9.47 Å². The van der Waals surface area contributed by atoms with Crippen molar-refractivity contribution < 1.29 is 24.2 Å². The lowest BCUT2D eigenvalue weighted by Crippen LogP contribution is -2.30. The molecule has 1 N–H and O–H groups in total. The van der Waals surface area contributed by atoms with Gasteiger partial charge in [-0.05, 0) is 60.0 Å². The van der Waals surface area contributed by atoms with Gasteiger partial charge in [-0.1, -0.05) is 36.4 Å². The maximum absolute atomic E-state index is 12.3. The van der Waals surface area contributed by atoms with Crippen LogP contribution >= 0.6 is 0 Å². The van der Waals surface area contributed by atoms with Gasteiger partial charge in [0.2, 0.25) is 0 Å². The maximum atomic E-state index is 12.3. The average Bonchev–Trinajstić information content (AvgIpc) is 2.79. The molecule has 0 aromatic heterocycles. The summed E-state index contributed by atoms with van der Waals surface area (Å²) in [6.45, 7) is 2.60. The molecule has 0 aliphatic rings. The summed E-state index contributed by atoms with van der Waals surface area (Å²) in [7, 11) is 1.67. The van der Waals surface area contributed by atoms with Gasteiger partial charge in [-0.15, -0.1) is 0 Å². The van der Waals surface area contributed by atoms with Crippen LogP contribution in [0.15, 0.2) is 72.8 Å². The van der Waals surface area contributed by atoms with Gasteiger partial charge in [-0.25, -0.2) is 4.79 Å². The number of phenolic OH excluding ortho intramolecular Hbond substituents is 1. The van der Waals surface area contributed by atoms with Crippen LogP contribution in [0.25, 0.3) is 11.1 Å². The number of ether oxygens (including phenoxy) is 2. The van der Waals surface area contributed by atoms with Gasteiger partial charge in [-0.2, -0.15) is 0 Å². The minimum absolute atomic E-state index is 0.195. The fourth-order valence-corrected chi connectivity index (χ4v) is 2.99. The molecule has 3 aromatic rings. The molecule has 3 aromatic carbocycles. The second kappa shape index (κ2) is 10.3. The third-order valence-corrected chi connectivity index (χ3v) is 4.73. The predicted octanol–water partition coefficient (Wildman–Crippen LogP) is 4.27. The number of nitrogens with zero attached hydrogens (tertiary/aromatic N) is 1. The molecule has 0 unspecified atom stereocenters. The first-order valence-electron chi connectivity index (χ1n) is 9.98. The Hall–Kier alpha value is -3.80. The zero-order valence-electron chi connectivity index (χ0n) is 17.6. The number of carbonyl (C=O) groups is 2. The van der Waals surface area contributed by atoms with E-state index in [2.05, 4.69) is 0 Å². The zero-order chi connectivity index (χ0) is 22.2. The van der Waals surface area contributed by atoms with Gasteiger partial charge < -0.3 is 19.5 Å². The number of hydrogen-bond acceptors (Lipinski definition) is 5. The molecule has 3 rings (SSSR count). The fourth-order valence-electron chi connectivity index (χ4n) is 2.99. The standard InChI is InChI=1S/C25H25NO5/c1-3-30-23-14-4-18(5-15-23)16-26(2)24(28)17-31-25(29)21-8-6-19(7-9-21)20-10-12-22(27)13-11-20/h4-15,27H,3,16-17H2,1-2H3. The molecule has 160 valence electrons. The van der Waals surface area contributed by atoms with Gasteiger partial charge in [0.15, 0.2) is 6.61 Å². The van der Waals surface area contributed by atoms with Crippen LogP contribution in [0, 0.1) is 0 Å². The largest absolute Gasteiger partial charge is 0.508 e. The molecule has 0 atom stereocenters. The van der Waals surface area contributed by atoms with E-state index in [9.17, 15) is 14.7 Å². The quantitative estimate of drug-likeness (QED) is 0.552. The molecule has 0 heterocycles. The number of carbonyl (C=O) groups excluding carboxylic acids is 2. The van der Waals surface area contributed by atoms with E-state index < -0.39 is 5.97 Å². The van der Waals surface area contributed by atoms with Crippen LogP contribution in [0.1, 0.15) is 22.8 Å². The lowest BCUT2D eigenvalue weighted by molar-refractivity contribution is -0.133. The zero-order valence-corrected chi connectivity index (χ0v) is 17.6. The van der Waals surface area contributed by atoms with Crippen molar-refractivity contribution in [2.75, 3.05) is 20.3 Å². The molecule has 0 fully saturated rings. The molecule has 0 spiro atoms. The number of amides is 1. The minimum atomic E-state index is -0.555. The first kappa shape index (κ1) is 21.9. The van der Waals surface area contributed by atoms with Crippen molar-refractivity contribution in [1.82, 2.24) is 4.90 Å². The van der Waals surface area contributed by atoms with Gasteiger partial charge in [0.05, 0.1) is 12.2 Å². The van der Waals surface area contributed by atoms with Crippen LogP contribution in [-0.2, 0) is 16.1 Å². The van der Waals surface area contributed by atoms with Crippen LogP contribution in [0.4, 0.5) is 0 Å². The molecule has 0 bridgehead atoms. The third-order valence-electron chi connectivity index (χ3n) is 4.73. The van der Waals surface area contributed by atoms with Crippen LogP contribution in [-0.4, -0.2) is 42.1 Å². The highest BCUT2D eigenvalue weighted by Gasteiger charge is 2.14. The summed E-state index contributed by atoms with van der Waals surface area (Å²) >= 11 is 0. The van der Waals surface area contributed by atoms with Gasteiger partial charge >= 0.3 is 5.97 Å². The van der Waals surface area contributed by atoms with E-state index in [0.29, 0.717) is 18.7 Å². The SMILES string of the molecule is CCOc1ccc(CN(C)C(=O)COC(=O)c2ccc(-c3ccc(O)cc3)cc2)cc1. The monoisotopic (exact) mass is 419 g/mol. The molecule has 6 heteroatoms. The molecule has 31 heavy (non-hydrogen) atoms. The molecule has 0 aliphatic carbocycles. The molecule has 0 radical (unpaired) electrons. The first-order valence-corrected chi connectivity index (χ1v) is 9.98. The highest BCUT2D eigenvalue weighted by molar-refractivity contribution is 5.91. The van der Waals surface area contributed by atoms with Crippen molar-refractivity contribution >= 4 is 11.9 Å². The van der Waals surface area contributed by atoms with Gasteiger partial charge in [0, 0.05) is 13.6 Å². The van der Waals surface area contributed by atoms with Crippen molar-refractivity contribution in [2.45, 2.75) is 13.5 Å². The lowest BCUT2D eigenvalue weighted by atomic mass is 10.0. The lowest BCUT2D eigenvalue weighted by Gasteiger charge is -2.17. The summed E-state index contributed by atoms with van der Waals surface area (Å²) in [5, 5.41) is 9.38. The Balaban J connectivity index is 1.51. The molecular weight excluding hydrogens is 394 g/mol. The number of esters is 1. The van der Waals surface area contributed by atoms with Crippen molar-refractivity contribution in [2.24, 2.45) is 0 Å². The van der Waals surface area contributed by atoms with Gasteiger partial charge in [-0.3, -0.25) is 4.79 Å². The summed E-state index contributed by atoms with van der Waals surface area (Å²) in [6, 6.07) is 21.2. The number of phenols is 1. The summed E-state index contributed by atoms with van der Waals surface area (Å²) < 4.78 is 10.6. The highest BCUT2D eigenvalue weighted by Crippen LogP contribution is 2.22. The van der Waals surface area contributed by atoms with E-state index in [1.807, 2.05) is 31.2 Å². The summed E-state index contributed by atoms with van der Waals surface area (Å²) in [4.78, 5) is 26.1.